The topological polar surface area (TPSA) is 102 Å². The van der Waals surface area contributed by atoms with E-state index in [1.807, 2.05) is 6.07 Å². The predicted octanol–water partition coefficient (Wildman–Crippen LogP) is 1.61. The van der Waals surface area contributed by atoms with E-state index in [1.165, 1.54) is 6.20 Å². The molecule has 0 aliphatic rings. The molecule has 0 atom stereocenters. The van der Waals surface area contributed by atoms with Gasteiger partial charge in [0.25, 0.3) is 0 Å². The smallest absolute Gasteiger partial charge is 0.360 e. The lowest BCUT2D eigenvalue weighted by Crippen LogP contribution is -2.21. The fraction of sp³-hybridized carbons (Fsp3) is 0.0714. The Morgan fingerprint density at radius 2 is 2.14 bits per heavy atom. The van der Waals surface area contributed by atoms with Crippen LogP contribution in [0.15, 0.2) is 53.7 Å². The van der Waals surface area contributed by atoms with Crippen LogP contribution in [0.25, 0.3) is 5.65 Å². The lowest BCUT2D eigenvalue weighted by molar-refractivity contribution is -0.385. The lowest BCUT2D eigenvalue weighted by Gasteiger charge is -2.07. The highest BCUT2D eigenvalue weighted by Crippen LogP contribution is 2.18. The zero-order valence-electron chi connectivity index (χ0n) is 11.3. The molecule has 3 rings (SSSR count). The third-order valence-corrected chi connectivity index (χ3v) is 3.08. The molecule has 3 aromatic rings. The quantitative estimate of drug-likeness (QED) is 0.579. The number of pyridine rings is 2. The van der Waals surface area contributed by atoms with E-state index in [-0.39, 0.29) is 12.4 Å². The second kappa shape index (κ2) is 5.60. The van der Waals surface area contributed by atoms with Crippen LogP contribution in [0.5, 0.6) is 0 Å². The van der Waals surface area contributed by atoms with Crippen LogP contribution in [0, 0.1) is 10.1 Å². The Hall–Kier alpha value is -3.29. The number of hydrogen-bond acceptors (Lipinski definition) is 6. The third kappa shape index (κ3) is 2.49. The highest BCUT2D eigenvalue weighted by molar-refractivity contribution is 5.59. The molecule has 0 aromatic carbocycles. The summed E-state index contributed by atoms with van der Waals surface area (Å²) in [6.45, 7) is 0.282. The van der Waals surface area contributed by atoms with Crippen molar-refractivity contribution >= 4 is 17.2 Å². The molecule has 3 heterocycles. The standard InChI is InChI=1S/C14H11N5O3/c20-14-12(19(21)22)13(16-9-10-4-3-6-15-8-10)17-11-5-1-2-7-18(11)14/h1-8,16H,9H2. The van der Waals surface area contributed by atoms with E-state index >= 15 is 0 Å². The SMILES string of the molecule is O=c1c([N+](=O)[O-])c(NCc2cccnc2)nc2ccccn12. The van der Waals surface area contributed by atoms with Gasteiger partial charge in [0.1, 0.15) is 5.65 Å². The number of nitrogens with one attached hydrogen (secondary N) is 1. The Labute approximate surface area is 124 Å². The Morgan fingerprint density at radius 3 is 2.86 bits per heavy atom. The number of anilines is 1. The van der Waals surface area contributed by atoms with Gasteiger partial charge in [0.2, 0.25) is 5.82 Å². The molecule has 0 radical (unpaired) electrons. The van der Waals surface area contributed by atoms with Crippen molar-refractivity contribution in [3.8, 4) is 0 Å². The maximum atomic E-state index is 12.2. The van der Waals surface area contributed by atoms with Crippen LogP contribution < -0.4 is 10.9 Å². The van der Waals surface area contributed by atoms with Crippen LogP contribution in [0.1, 0.15) is 5.56 Å². The fourth-order valence-electron chi connectivity index (χ4n) is 2.06. The van der Waals surface area contributed by atoms with Crippen LogP contribution in [0.2, 0.25) is 0 Å². The lowest BCUT2D eigenvalue weighted by atomic mass is 10.3. The number of aromatic nitrogens is 3. The van der Waals surface area contributed by atoms with Gasteiger partial charge in [-0.2, -0.15) is 0 Å². The Morgan fingerprint density at radius 1 is 1.27 bits per heavy atom. The minimum Gasteiger partial charge on any atom is -0.360 e. The van der Waals surface area contributed by atoms with Crippen molar-refractivity contribution in [2.75, 3.05) is 5.32 Å². The van der Waals surface area contributed by atoms with E-state index in [4.69, 9.17) is 0 Å². The normalized spacial score (nSPS) is 10.5. The van der Waals surface area contributed by atoms with Gasteiger partial charge in [0, 0.05) is 25.1 Å². The summed E-state index contributed by atoms with van der Waals surface area (Å²) < 4.78 is 1.15. The molecule has 110 valence electrons. The maximum Gasteiger partial charge on any atom is 0.376 e. The van der Waals surface area contributed by atoms with Crippen molar-refractivity contribution in [2.45, 2.75) is 6.54 Å². The van der Waals surface area contributed by atoms with Crippen molar-refractivity contribution in [2.24, 2.45) is 0 Å². The average molecular weight is 297 g/mol. The molecule has 8 nitrogen and oxygen atoms in total. The first-order valence-corrected chi connectivity index (χ1v) is 6.45. The van der Waals surface area contributed by atoms with Crippen molar-refractivity contribution in [1.29, 1.82) is 0 Å². The molecule has 3 aromatic heterocycles. The van der Waals surface area contributed by atoms with Crippen LogP contribution in [0.4, 0.5) is 11.5 Å². The minimum atomic E-state index is -0.722. The zero-order valence-corrected chi connectivity index (χ0v) is 11.3. The molecule has 0 aliphatic carbocycles. The largest absolute Gasteiger partial charge is 0.376 e. The first-order chi connectivity index (χ1) is 10.7. The summed E-state index contributed by atoms with van der Waals surface area (Å²) in [6.07, 6.45) is 4.71. The predicted molar refractivity (Wildman–Crippen MR) is 79.7 cm³/mol. The van der Waals surface area contributed by atoms with Crippen molar-refractivity contribution in [3.05, 3.63) is 75.0 Å². The summed E-state index contributed by atoms with van der Waals surface area (Å²) >= 11 is 0. The number of rotatable bonds is 4. The molecule has 0 amide bonds. The summed E-state index contributed by atoms with van der Waals surface area (Å²) in [5.41, 5.74) is -0.129. The second-order valence-corrected chi connectivity index (χ2v) is 4.51. The average Bonchev–Trinajstić information content (AvgIpc) is 2.53. The van der Waals surface area contributed by atoms with Gasteiger partial charge in [-0.15, -0.1) is 0 Å². The van der Waals surface area contributed by atoms with Crippen molar-refractivity contribution in [3.63, 3.8) is 0 Å². The molecular weight excluding hydrogens is 286 g/mol. The van der Waals surface area contributed by atoms with Crippen molar-refractivity contribution < 1.29 is 4.92 Å². The van der Waals surface area contributed by atoms with Gasteiger partial charge in [0.05, 0.1) is 4.92 Å². The minimum absolute atomic E-state index is 0.0509. The molecule has 0 bridgehead atoms. The van der Waals surface area contributed by atoms with E-state index in [9.17, 15) is 14.9 Å². The molecule has 0 unspecified atom stereocenters. The van der Waals surface area contributed by atoms with Gasteiger partial charge in [-0.25, -0.2) is 4.98 Å². The van der Waals surface area contributed by atoms with E-state index < -0.39 is 16.2 Å². The van der Waals surface area contributed by atoms with Gasteiger partial charge in [-0.3, -0.25) is 24.3 Å². The molecule has 1 N–H and O–H groups in total. The van der Waals surface area contributed by atoms with Crippen LogP contribution in [-0.4, -0.2) is 19.3 Å². The van der Waals surface area contributed by atoms with Gasteiger partial charge >= 0.3 is 11.2 Å². The summed E-state index contributed by atoms with van der Waals surface area (Å²) in [5.74, 6) is -0.0509. The zero-order chi connectivity index (χ0) is 15.5. The van der Waals surface area contributed by atoms with E-state index in [2.05, 4.69) is 15.3 Å². The number of nitrogens with zero attached hydrogens (tertiary/aromatic N) is 4. The summed E-state index contributed by atoms with van der Waals surface area (Å²) in [4.78, 5) is 30.8. The summed E-state index contributed by atoms with van der Waals surface area (Å²) in [6, 6.07) is 8.51. The van der Waals surface area contributed by atoms with Gasteiger partial charge in [-0.05, 0) is 23.8 Å². The van der Waals surface area contributed by atoms with E-state index in [0.29, 0.717) is 5.65 Å². The van der Waals surface area contributed by atoms with Crippen LogP contribution in [-0.2, 0) is 6.54 Å². The summed E-state index contributed by atoms with van der Waals surface area (Å²) in [5, 5.41) is 14.0. The van der Waals surface area contributed by atoms with Gasteiger partial charge < -0.3 is 5.32 Å². The van der Waals surface area contributed by atoms with E-state index in [1.54, 1.807) is 36.7 Å². The maximum absolute atomic E-state index is 12.2. The fourth-order valence-corrected chi connectivity index (χ4v) is 2.06. The first-order valence-electron chi connectivity index (χ1n) is 6.45. The molecule has 0 saturated carbocycles. The molecule has 0 spiro atoms. The van der Waals surface area contributed by atoms with E-state index in [0.717, 1.165) is 9.96 Å². The number of nitro groups is 1. The number of hydrogen-bond donors (Lipinski definition) is 1. The Bertz CT molecular complexity index is 892. The number of fused-ring (bicyclic) bond motifs is 1. The third-order valence-electron chi connectivity index (χ3n) is 3.08. The molecule has 0 fully saturated rings. The van der Waals surface area contributed by atoms with Crippen molar-refractivity contribution in [1.82, 2.24) is 14.4 Å². The van der Waals surface area contributed by atoms with Gasteiger partial charge in [0.15, 0.2) is 0 Å². The first kappa shape index (κ1) is 13.7. The van der Waals surface area contributed by atoms with Crippen LogP contribution >= 0.6 is 0 Å². The monoisotopic (exact) mass is 297 g/mol. The molecule has 0 saturated heterocycles. The van der Waals surface area contributed by atoms with Gasteiger partial charge in [-0.1, -0.05) is 12.1 Å². The molecular formula is C14H11N5O3. The Kier molecular flexibility index (Phi) is 3.48. The second-order valence-electron chi connectivity index (χ2n) is 4.51. The highest BCUT2D eigenvalue weighted by atomic mass is 16.6. The molecule has 22 heavy (non-hydrogen) atoms. The van der Waals surface area contributed by atoms with Crippen LogP contribution in [0.3, 0.4) is 0 Å². The molecule has 0 aliphatic heterocycles. The summed E-state index contributed by atoms with van der Waals surface area (Å²) in [7, 11) is 0. The highest BCUT2D eigenvalue weighted by Gasteiger charge is 2.23. The Balaban J connectivity index is 2.06. The molecule has 8 heteroatoms.